The van der Waals surface area contributed by atoms with E-state index in [4.69, 9.17) is 9.47 Å². The number of fused-ring (bicyclic) bond motifs is 1. The molecule has 2 heterocycles. The highest BCUT2D eigenvalue weighted by Crippen LogP contribution is 2.30. The molecule has 0 aliphatic rings. The summed E-state index contributed by atoms with van der Waals surface area (Å²) in [7, 11) is 3.27. The number of methoxy groups -OCH3 is 2. The largest absolute Gasteiger partial charge is 0.493 e. The minimum absolute atomic E-state index is 0.735. The van der Waals surface area contributed by atoms with E-state index in [1.165, 1.54) is 0 Å². The molecule has 3 aromatic rings. The molecular weight excluding hydrogens is 286 g/mol. The average molecular weight is 301 g/mol. The lowest BCUT2D eigenvalue weighted by Gasteiger charge is -2.08. The summed E-state index contributed by atoms with van der Waals surface area (Å²) in [6.45, 7) is 0. The third kappa shape index (κ3) is 2.95. The van der Waals surface area contributed by atoms with Crippen LogP contribution >= 0.6 is 11.8 Å². The third-order valence-electron chi connectivity index (χ3n) is 3.06. The number of thioether (sulfide) groups is 1. The van der Waals surface area contributed by atoms with Crippen molar-refractivity contribution >= 4 is 22.9 Å². The van der Waals surface area contributed by atoms with Gasteiger partial charge in [-0.3, -0.25) is 0 Å². The Morgan fingerprint density at radius 3 is 2.76 bits per heavy atom. The van der Waals surface area contributed by atoms with Gasteiger partial charge < -0.3 is 14.5 Å². The SMILES string of the molecule is COc1ccc(CSc2nc3ncccc3[nH]2)cc1OC. The van der Waals surface area contributed by atoms with Gasteiger partial charge in [0.15, 0.2) is 22.3 Å². The molecule has 0 saturated heterocycles. The number of nitrogens with one attached hydrogen (secondary N) is 1. The molecule has 6 heteroatoms. The number of hydrogen-bond donors (Lipinski definition) is 1. The van der Waals surface area contributed by atoms with Crippen LogP contribution in [0.4, 0.5) is 0 Å². The predicted octanol–water partition coefficient (Wildman–Crippen LogP) is 3.27. The van der Waals surface area contributed by atoms with Crippen molar-refractivity contribution in [1.82, 2.24) is 15.0 Å². The maximum absolute atomic E-state index is 5.31. The smallest absolute Gasteiger partial charge is 0.178 e. The number of ether oxygens (including phenoxy) is 2. The van der Waals surface area contributed by atoms with E-state index >= 15 is 0 Å². The van der Waals surface area contributed by atoms with Gasteiger partial charge in [0.1, 0.15) is 0 Å². The van der Waals surface area contributed by atoms with Crippen molar-refractivity contribution in [3.63, 3.8) is 0 Å². The summed E-state index contributed by atoms with van der Waals surface area (Å²) in [5.41, 5.74) is 2.84. The lowest BCUT2D eigenvalue weighted by Crippen LogP contribution is -1.92. The van der Waals surface area contributed by atoms with Crippen LogP contribution in [0, 0.1) is 0 Å². The van der Waals surface area contributed by atoms with E-state index in [2.05, 4.69) is 15.0 Å². The Morgan fingerprint density at radius 1 is 1.14 bits per heavy atom. The number of benzene rings is 1. The van der Waals surface area contributed by atoms with Gasteiger partial charge in [0.2, 0.25) is 0 Å². The summed E-state index contributed by atoms with van der Waals surface area (Å²) in [6.07, 6.45) is 1.74. The average Bonchev–Trinajstić information content (AvgIpc) is 2.95. The first kappa shape index (κ1) is 13.8. The molecule has 0 spiro atoms. The number of aromatic amines is 1. The van der Waals surface area contributed by atoms with E-state index in [1.807, 2.05) is 30.3 Å². The molecule has 5 nitrogen and oxygen atoms in total. The predicted molar refractivity (Wildman–Crippen MR) is 83.0 cm³/mol. The first-order valence-corrected chi connectivity index (χ1v) is 7.43. The van der Waals surface area contributed by atoms with Crippen molar-refractivity contribution in [3.05, 3.63) is 42.1 Å². The van der Waals surface area contributed by atoms with Crippen LogP contribution in [0.3, 0.4) is 0 Å². The van der Waals surface area contributed by atoms with Crippen LogP contribution in [0.2, 0.25) is 0 Å². The second kappa shape index (κ2) is 6.05. The van der Waals surface area contributed by atoms with Crippen molar-refractivity contribution < 1.29 is 9.47 Å². The number of aromatic nitrogens is 3. The summed E-state index contributed by atoms with van der Waals surface area (Å²) < 4.78 is 10.5. The van der Waals surface area contributed by atoms with Crippen LogP contribution in [-0.2, 0) is 5.75 Å². The highest BCUT2D eigenvalue weighted by Gasteiger charge is 2.07. The summed E-state index contributed by atoms with van der Waals surface area (Å²) in [6, 6.07) is 9.77. The number of rotatable bonds is 5. The molecule has 0 amide bonds. The number of imidazole rings is 1. The summed E-state index contributed by atoms with van der Waals surface area (Å²) in [4.78, 5) is 11.9. The monoisotopic (exact) mass is 301 g/mol. The fourth-order valence-electron chi connectivity index (χ4n) is 2.01. The maximum Gasteiger partial charge on any atom is 0.178 e. The lowest BCUT2D eigenvalue weighted by molar-refractivity contribution is 0.354. The number of pyridine rings is 1. The van der Waals surface area contributed by atoms with Crippen molar-refractivity contribution in [2.75, 3.05) is 14.2 Å². The molecule has 0 radical (unpaired) electrons. The molecule has 0 aliphatic heterocycles. The molecule has 108 valence electrons. The summed E-state index contributed by atoms with van der Waals surface area (Å²) >= 11 is 1.63. The van der Waals surface area contributed by atoms with Gasteiger partial charge in [-0.25, -0.2) is 9.97 Å². The van der Waals surface area contributed by atoms with Crippen molar-refractivity contribution in [2.45, 2.75) is 10.9 Å². The Kier molecular flexibility index (Phi) is 3.96. The Morgan fingerprint density at radius 2 is 2.00 bits per heavy atom. The van der Waals surface area contributed by atoms with Crippen LogP contribution in [0.15, 0.2) is 41.7 Å². The fourth-order valence-corrected chi connectivity index (χ4v) is 2.83. The van der Waals surface area contributed by atoms with Crippen LogP contribution in [-0.4, -0.2) is 29.2 Å². The van der Waals surface area contributed by atoms with E-state index in [-0.39, 0.29) is 0 Å². The Balaban J connectivity index is 1.75. The topological polar surface area (TPSA) is 60.0 Å². The first-order valence-electron chi connectivity index (χ1n) is 6.44. The van der Waals surface area contributed by atoms with Gasteiger partial charge in [-0.05, 0) is 29.8 Å². The second-order valence-corrected chi connectivity index (χ2v) is 5.36. The van der Waals surface area contributed by atoms with Gasteiger partial charge in [-0.2, -0.15) is 0 Å². The number of H-pyrrole nitrogens is 1. The molecule has 2 aromatic heterocycles. The molecule has 0 aliphatic carbocycles. The molecule has 1 aromatic carbocycles. The summed E-state index contributed by atoms with van der Waals surface area (Å²) in [5, 5.41) is 0.860. The molecule has 0 saturated carbocycles. The van der Waals surface area contributed by atoms with Gasteiger partial charge in [0, 0.05) is 11.9 Å². The quantitative estimate of drug-likeness (QED) is 0.733. The van der Waals surface area contributed by atoms with Gasteiger partial charge >= 0.3 is 0 Å². The van der Waals surface area contributed by atoms with Gasteiger partial charge in [0.05, 0.1) is 19.7 Å². The number of hydrogen-bond acceptors (Lipinski definition) is 5. The summed E-state index contributed by atoms with van der Waals surface area (Å²) in [5.74, 6) is 2.27. The van der Waals surface area contributed by atoms with E-state index in [0.29, 0.717) is 0 Å². The Labute approximate surface area is 126 Å². The standard InChI is InChI=1S/C15H15N3O2S/c1-19-12-6-5-10(8-13(12)20-2)9-21-15-17-11-4-3-7-16-14(11)18-15/h3-8H,9H2,1-2H3,(H,16,17,18). The van der Waals surface area contributed by atoms with Crippen LogP contribution < -0.4 is 9.47 Å². The molecule has 1 N–H and O–H groups in total. The normalized spacial score (nSPS) is 10.8. The molecule has 0 fully saturated rings. The minimum atomic E-state index is 0.735. The van der Waals surface area contributed by atoms with E-state index in [9.17, 15) is 0 Å². The number of nitrogens with zero attached hydrogens (tertiary/aromatic N) is 2. The zero-order chi connectivity index (χ0) is 14.7. The zero-order valence-corrected chi connectivity index (χ0v) is 12.6. The van der Waals surface area contributed by atoms with E-state index < -0.39 is 0 Å². The van der Waals surface area contributed by atoms with Crippen molar-refractivity contribution in [1.29, 1.82) is 0 Å². The Bertz CT molecular complexity index is 725. The van der Waals surface area contributed by atoms with Gasteiger partial charge in [-0.15, -0.1) is 0 Å². The molecule has 21 heavy (non-hydrogen) atoms. The van der Waals surface area contributed by atoms with Gasteiger partial charge in [0.25, 0.3) is 0 Å². The Hall–Kier alpha value is -2.21. The van der Waals surface area contributed by atoms with Crippen LogP contribution in [0.5, 0.6) is 11.5 Å². The molecule has 3 rings (SSSR count). The first-order chi connectivity index (χ1) is 10.3. The molecular formula is C15H15N3O2S. The van der Waals surface area contributed by atoms with E-state index in [0.717, 1.165) is 39.1 Å². The second-order valence-electron chi connectivity index (χ2n) is 4.39. The van der Waals surface area contributed by atoms with Crippen molar-refractivity contribution in [2.24, 2.45) is 0 Å². The van der Waals surface area contributed by atoms with Crippen LogP contribution in [0.25, 0.3) is 11.2 Å². The molecule has 0 bridgehead atoms. The van der Waals surface area contributed by atoms with E-state index in [1.54, 1.807) is 32.2 Å². The minimum Gasteiger partial charge on any atom is -0.493 e. The highest BCUT2D eigenvalue weighted by molar-refractivity contribution is 7.98. The third-order valence-corrected chi connectivity index (χ3v) is 4.00. The van der Waals surface area contributed by atoms with Crippen LogP contribution in [0.1, 0.15) is 5.56 Å². The van der Waals surface area contributed by atoms with Gasteiger partial charge in [-0.1, -0.05) is 17.8 Å². The van der Waals surface area contributed by atoms with Crippen molar-refractivity contribution in [3.8, 4) is 11.5 Å². The molecule has 0 atom stereocenters. The molecule has 0 unspecified atom stereocenters. The zero-order valence-electron chi connectivity index (χ0n) is 11.8. The highest BCUT2D eigenvalue weighted by atomic mass is 32.2. The fraction of sp³-hybridized carbons (Fsp3) is 0.200. The lowest BCUT2D eigenvalue weighted by atomic mass is 10.2. The maximum atomic E-state index is 5.31.